The summed E-state index contributed by atoms with van der Waals surface area (Å²) in [6.45, 7) is -0.646. The zero-order valence-electron chi connectivity index (χ0n) is 8.37. The molecule has 1 aromatic carbocycles. The van der Waals surface area contributed by atoms with Gasteiger partial charge in [0.05, 0.1) is 0 Å². The molecule has 0 bridgehead atoms. The number of carbonyl (C=O) groups is 2. The highest BCUT2D eigenvalue weighted by Crippen LogP contribution is 2.22. The van der Waals surface area contributed by atoms with Gasteiger partial charge in [-0.05, 0) is 0 Å². The molecule has 0 aromatic heterocycles. The molecule has 1 aromatic rings. The van der Waals surface area contributed by atoms with E-state index in [1.54, 1.807) is 0 Å². The Bertz CT molecular complexity index is 465. The summed E-state index contributed by atoms with van der Waals surface area (Å²) in [5, 5.41) is 0. The lowest BCUT2D eigenvalue weighted by molar-refractivity contribution is -0.160. The van der Waals surface area contributed by atoms with Gasteiger partial charge in [-0.25, -0.2) is 22.8 Å². The van der Waals surface area contributed by atoms with Crippen molar-refractivity contribution in [1.82, 2.24) is 0 Å². The molecule has 1 fully saturated rings. The summed E-state index contributed by atoms with van der Waals surface area (Å²) in [5.41, 5.74) is -0.0913. The zero-order chi connectivity index (χ0) is 12.6. The maximum atomic E-state index is 12.9. The molecule has 1 saturated heterocycles. The number of benzene rings is 1. The summed E-state index contributed by atoms with van der Waals surface area (Å²) in [6.07, 6.45) is 0. The topological polar surface area (TPSA) is 46.6 Å². The molecule has 0 N–H and O–H groups in total. The highest BCUT2D eigenvalue weighted by atomic mass is 19.2. The molecule has 1 aliphatic heterocycles. The van der Waals surface area contributed by atoms with Gasteiger partial charge in [0, 0.05) is 17.8 Å². The standard InChI is InChI=1S/C10H6F3NO3/c11-6-1-5(2-7(12)10(6)13)14-3-8(15)17-9(16)4-14/h1-2H,3-4H2. The van der Waals surface area contributed by atoms with Gasteiger partial charge in [0.2, 0.25) is 0 Å². The van der Waals surface area contributed by atoms with E-state index in [0.717, 1.165) is 4.90 Å². The van der Waals surface area contributed by atoms with Crippen LogP contribution in [-0.2, 0) is 14.3 Å². The summed E-state index contributed by atoms with van der Waals surface area (Å²) < 4.78 is 42.8. The molecule has 90 valence electrons. The number of halogens is 3. The first-order valence-electron chi connectivity index (χ1n) is 4.60. The van der Waals surface area contributed by atoms with Gasteiger partial charge in [0.25, 0.3) is 0 Å². The molecule has 0 spiro atoms. The van der Waals surface area contributed by atoms with Crippen LogP contribution in [0.25, 0.3) is 0 Å². The van der Waals surface area contributed by atoms with E-state index >= 15 is 0 Å². The Kier molecular flexibility index (Phi) is 2.74. The van der Waals surface area contributed by atoms with Crippen molar-refractivity contribution >= 4 is 17.6 Å². The number of hydrogen-bond acceptors (Lipinski definition) is 4. The molecule has 7 heteroatoms. The monoisotopic (exact) mass is 245 g/mol. The molecule has 0 atom stereocenters. The van der Waals surface area contributed by atoms with Gasteiger partial charge in [0.1, 0.15) is 13.1 Å². The third-order valence-corrected chi connectivity index (χ3v) is 2.20. The van der Waals surface area contributed by atoms with Crippen molar-refractivity contribution < 1.29 is 27.5 Å². The lowest BCUT2D eigenvalue weighted by Gasteiger charge is -2.26. The van der Waals surface area contributed by atoms with Crippen LogP contribution in [0.2, 0.25) is 0 Å². The summed E-state index contributed by atoms with van der Waals surface area (Å²) in [6, 6.07) is 1.43. The van der Waals surface area contributed by atoms with Crippen molar-refractivity contribution in [2.75, 3.05) is 18.0 Å². The number of anilines is 1. The maximum absolute atomic E-state index is 12.9. The van der Waals surface area contributed by atoms with E-state index in [1.165, 1.54) is 0 Å². The molecular formula is C10H6F3NO3. The third kappa shape index (κ3) is 2.22. The van der Waals surface area contributed by atoms with Crippen molar-refractivity contribution in [2.45, 2.75) is 0 Å². The van der Waals surface area contributed by atoms with Gasteiger partial charge in [0.15, 0.2) is 17.5 Å². The van der Waals surface area contributed by atoms with E-state index in [1.807, 2.05) is 0 Å². The Hall–Kier alpha value is -2.05. The summed E-state index contributed by atoms with van der Waals surface area (Å²) in [4.78, 5) is 23.0. The number of morpholine rings is 1. The SMILES string of the molecule is O=C1CN(c2cc(F)c(F)c(F)c2)CC(=O)O1. The fourth-order valence-electron chi connectivity index (χ4n) is 1.47. The molecule has 4 nitrogen and oxygen atoms in total. The van der Waals surface area contributed by atoms with E-state index < -0.39 is 29.4 Å². The second kappa shape index (κ2) is 4.08. The van der Waals surface area contributed by atoms with Gasteiger partial charge in [-0.15, -0.1) is 0 Å². The smallest absolute Gasteiger partial charge is 0.333 e. The van der Waals surface area contributed by atoms with Gasteiger partial charge in [-0.1, -0.05) is 0 Å². The lowest BCUT2D eigenvalue weighted by atomic mass is 10.2. The second-order valence-corrected chi connectivity index (χ2v) is 3.43. The first-order valence-corrected chi connectivity index (χ1v) is 4.60. The molecule has 1 heterocycles. The highest BCUT2D eigenvalue weighted by Gasteiger charge is 2.26. The Labute approximate surface area is 93.6 Å². The number of carbonyl (C=O) groups excluding carboxylic acids is 2. The van der Waals surface area contributed by atoms with Gasteiger partial charge in [-0.3, -0.25) is 0 Å². The second-order valence-electron chi connectivity index (χ2n) is 3.43. The molecule has 0 amide bonds. The van der Waals surface area contributed by atoms with Crippen molar-refractivity contribution in [3.8, 4) is 0 Å². The molecule has 0 aliphatic carbocycles. The van der Waals surface area contributed by atoms with Crippen LogP contribution in [0.15, 0.2) is 12.1 Å². The quantitative estimate of drug-likeness (QED) is 0.420. The Morgan fingerprint density at radius 2 is 1.47 bits per heavy atom. The summed E-state index contributed by atoms with van der Waals surface area (Å²) in [7, 11) is 0. The number of nitrogens with zero attached hydrogens (tertiary/aromatic N) is 1. The van der Waals surface area contributed by atoms with Gasteiger partial charge >= 0.3 is 11.9 Å². The van der Waals surface area contributed by atoms with Crippen molar-refractivity contribution in [1.29, 1.82) is 0 Å². The van der Waals surface area contributed by atoms with Crippen LogP contribution >= 0.6 is 0 Å². The number of esters is 2. The predicted octanol–water partition coefficient (Wildman–Crippen LogP) is 0.994. The van der Waals surface area contributed by atoms with E-state index in [-0.39, 0.29) is 18.8 Å². The number of cyclic esters (lactones) is 2. The van der Waals surface area contributed by atoms with Crippen molar-refractivity contribution in [2.24, 2.45) is 0 Å². The number of rotatable bonds is 1. The van der Waals surface area contributed by atoms with Crippen molar-refractivity contribution in [3.05, 3.63) is 29.6 Å². The zero-order valence-corrected chi connectivity index (χ0v) is 8.37. The van der Waals surface area contributed by atoms with Gasteiger partial charge < -0.3 is 9.64 Å². The average molecular weight is 245 g/mol. The normalized spacial score (nSPS) is 16.1. The molecule has 1 aliphatic rings. The van der Waals surface area contributed by atoms with Gasteiger partial charge in [-0.2, -0.15) is 0 Å². The average Bonchev–Trinajstić information content (AvgIpc) is 2.23. The van der Waals surface area contributed by atoms with Crippen LogP contribution in [0.1, 0.15) is 0 Å². The first-order chi connectivity index (χ1) is 7.97. The number of ether oxygens (including phenoxy) is 1. The van der Waals surface area contributed by atoms with Crippen LogP contribution < -0.4 is 4.90 Å². The van der Waals surface area contributed by atoms with Crippen LogP contribution in [0, 0.1) is 17.5 Å². The molecular weight excluding hydrogens is 239 g/mol. The van der Waals surface area contributed by atoms with Crippen LogP contribution in [0.3, 0.4) is 0 Å². The van der Waals surface area contributed by atoms with E-state index in [0.29, 0.717) is 12.1 Å². The summed E-state index contributed by atoms with van der Waals surface area (Å²) >= 11 is 0. The van der Waals surface area contributed by atoms with E-state index in [4.69, 9.17) is 0 Å². The first kappa shape index (κ1) is 11.4. The number of hydrogen-bond donors (Lipinski definition) is 0. The van der Waals surface area contributed by atoms with E-state index in [9.17, 15) is 22.8 Å². The Balaban J connectivity index is 2.34. The summed E-state index contributed by atoms with van der Waals surface area (Å²) in [5.74, 6) is -6.02. The van der Waals surface area contributed by atoms with Crippen LogP contribution in [0.4, 0.5) is 18.9 Å². The van der Waals surface area contributed by atoms with Crippen LogP contribution in [0.5, 0.6) is 0 Å². The predicted molar refractivity (Wildman–Crippen MR) is 49.6 cm³/mol. The molecule has 0 unspecified atom stereocenters. The van der Waals surface area contributed by atoms with E-state index in [2.05, 4.69) is 4.74 Å². The molecule has 2 rings (SSSR count). The fraction of sp³-hybridized carbons (Fsp3) is 0.200. The van der Waals surface area contributed by atoms with Crippen LogP contribution in [-0.4, -0.2) is 25.0 Å². The largest absolute Gasteiger partial charge is 0.390 e. The van der Waals surface area contributed by atoms with Crippen molar-refractivity contribution in [3.63, 3.8) is 0 Å². The Morgan fingerprint density at radius 3 is 1.94 bits per heavy atom. The minimum absolute atomic E-state index is 0.0913. The maximum Gasteiger partial charge on any atom is 0.333 e. The third-order valence-electron chi connectivity index (χ3n) is 2.20. The Morgan fingerprint density at radius 1 is 1.00 bits per heavy atom. The molecule has 0 saturated carbocycles. The fourth-order valence-corrected chi connectivity index (χ4v) is 1.47. The highest BCUT2D eigenvalue weighted by molar-refractivity contribution is 5.94. The molecule has 17 heavy (non-hydrogen) atoms. The minimum Gasteiger partial charge on any atom is -0.390 e. The minimum atomic E-state index is -1.60. The lowest BCUT2D eigenvalue weighted by Crippen LogP contribution is -2.43. The molecule has 0 radical (unpaired) electrons.